The average molecular weight is 413 g/mol. The third kappa shape index (κ3) is 3.08. The number of hydrogen-bond acceptors (Lipinski definition) is 4. The first kappa shape index (κ1) is 18.6. The van der Waals surface area contributed by atoms with E-state index < -0.39 is 0 Å². The summed E-state index contributed by atoms with van der Waals surface area (Å²) in [5.74, 6) is 0.855. The average Bonchev–Trinajstić information content (AvgIpc) is 3.50. The van der Waals surface area contributed by atoms with Crippen LogP contribution in [0, 0.1) is 0 Å². The quantitative estimate of drug-likeness (QED) is 0.415. The maximum Gasteiger partial charge on any atom is 0.190 e. The van der Waals surface area contributed by atoms with Crippen LogP contribution in [0.3, 0.4) is 0 Å². The number of fused-ring (bicyclic) bond motifs is 1. The highest BCUT2D eigenvalue weighted by atomic mass is 32.1. The summed E-state index contributed by atoms with van der Waals surface area (Å²) >= 11 is 1.66. The maximum atomic E-state index is 13.2. The van der Waals surface area contributed by atoms with E-state index in [4.69, 9.17) is 9.84 Å². The molecule has 0 unspecified atom stereocenters. The Kier molecular flexibility index (Phi) is 4.60. The molecular weight excluding hydrogens is 392 g/mol. The molecule has 5 rings (SSSR count). The Hall–Kier alpha value is -3.44. The van der Waals surface area contributed by atoms with Gasteiger partial charge in [0.25, 0.3) is 0 Å². The molecule has 0 spiro atoms. The molecule has 0 bridgehead atoms. The van der Waals surface area contributed by atoms with E-state index in [1.807, 2.05) is 77.8 Å². The van der Waals surface area contributed by atoms with Crippen LogP contribution in [0.1, 0.15) is 28.4 Å². The van der Waals surface area contributed by atoms with Gasteiger partial charge < -0.3 is 4.74 Å². The summed E-state index contributed by atoms with van der Waals surface area (Å²) in [5.41, 5.74) is 6.51. The standard InChI is InChI=1S/C25H20N2O2S/c1-16-21-14-19(29-2)10-11-20(21)25(28)22(16)13-17-15-27(18-7-4-3-5-8-18)26-24(17)23-9-6-12-30-23/h3-12,14-15H,13H2,1-2H3. The van der Waals surface area contributed by atoms with E-state index >= 15 is 0 Å². The Balaban J connectivity index is 1.58. The van der Waals surface area contributed by atoms with Crippen LogP contribution in [0.25, 0.3) is 21.8 Å². The number of thiophene rings is 1. The summed E-state index contributed by atoms with van der Waals surface area (Å²) in [6.45, 7) is 2.02. The first-order valence-corrected chi connectivity index (χ1v) is 10.6. The highest BCUT2D eigenvalue weighted by Gasteiger charge is 2.29. The molecule has 4 nitrogen and oxygen atoms in total. The third-order valence-electron chi connectivity index (χ3n) is 5.53. The maximum absolute atomic E-state index is 13.2. The van der Waals surface area contributed by atoms with E-state index in [0.717, 1.165) is 49.8 Å². The summed E-state index contributed by atoms with van der Waals surface area (Å²) in [7, 11) is 1.64. The van der Waals surface area contributed by atoms with E-state index in [1.165, 1.54) is 0 Å². The molecule has 5 heteroatoms. The fourth-order valence-electron chi connectivity index (χ4n) is 3.93. The van der Waals surface area contributed by atoms with Gasteiger partial charge in [-0.1, -0.05) is 24.3 Å². The number of benzene rings is 2. The smallest absolute Gasteiger partial charge is 0.190 e. The van der Waals surface area contributed by atoms with E-state index in [1.54, 1.807) is 18.4 Å². The van der Waals surface area contributed by atoms with Gasteiger partial charge in [-0.25, -0.2) is 4.68 Å². The van der Waals surface area contributed by atoms with Gasteiger partial charge in [0.1, 0.15) is 11.4 Å². The zero-order valence-corrected chi connectivity index (χ0v) is 17.6. The zero-order chi connectivity index (χ0) is 20.7. The van der Waals surface area contributed by atoms with Crippen molar-refractivity contribution in [3.05, 3.63) is 94.5 Å². The van der Waals surface area contributed by atoms with Crippen LogP contribution in [0.2, 0.25) is 0 Å². The van der Waals surface area contributed by atoms with Crippen molar-refractivity contribution in [1.29, 1.82) is 0 Å². The van der Waals surface area contributed by atoms with Crippen molar-refractivity contribution in [2.45, 2.75) is 13.3 Å². The molecule has 0 atom stereocenters. The second-order valence-electron chi connectivity index (χ2n) is 7.28. The predicted octanol–water partition coefficient (Wildman–Crippen LogP) is 5.82. The predicted molar refractivity (Wildman–Crippen MR) is 120 cm³/mol. The number of Topliss-reactive ketones (excluding diaryl/α,β-unsaturated/α-hetero) is 1. The van der Waals surface area contributed by atoms with Crippen LogP contribution in [-0.4, -0.2) is 22.7 Å². The first-order valence-electron chi connectivity index (χ1n) is 9.76. The minimum atomic E-state index is 0.0924. The molecule has 0 N–H and O–H groups in total. The van der Waals surface area contributed by atoms with Crippen molar-refractivity contribution in [1.82, 2.24) is 9.78 Å². The van der Waals surface area contributed by atoms with E-state index in [9.17, 15) is 4.79 Å². The summed E-state index contributed by atoms with van der Waals surface area (Å²) in [5, 5.41) is 6.91. The number of para-hydroxylation sites is 1. The number of rotatable bonds is 5. The van der Waals surface area contributed by atoms with Gasteiger partial charge in [0.05, 0.1) is 17.7 Å². The zero-order valence-electron chi connectivity index (χ0n) is 16.8. The molecule has 2 aromatic carbocycles. The molecule has 0 radical (unpaired) electrons. The molecule has 0 aliphatic heterocycles. The van der Waals surface area contributed by atoms with Gasteiger partial charge in [-0.3, -0.25) is 4.79 Å². The van der Waals surface area contributed by atoms with Crippen LogP contribution < -0.4 is 4.74 Å². The number of ether oxygens (including phenoxy) is 1. The van der Waals surface area contributed by atoms with Gasteiger partial charge in [0, 0.05) is 29.3 Å². The van der Waals surface area contributed by atoms with Crippen molar-refractivity contribution in [3.63, 3.8) is 0 Å². The second kappa shape index (κ2) is 7.43. The lowest BCUT2D eigenvalue weighted by Crippen LogP contribution is -2.02. The number of aromatic nitrogens is 2. The topological polar surface area (TPSA) is 44.1 Å². The molecular formula is C25H20N2O2S. The fraction of sp³-hybridized carbons (Fsp3) is 0.120. The number of hydrogen-bond donors (Lipinski definition) is 0. The molecule has 4 aromatic rings. The van der Waals surface area contributed by atoms with Crippen LogP contribution in [0.5, 0.6) is 5.75 Å². The molecule has 0 fully saturated rings. The lowest BCUT2D eigenvalue weighted by molar-refractivity contribution is 0.103. The third-order valence-corrected chi connectivity index (χ3v) is 6.41. The van der Waals surface area contributed by atoms with Gasteiger partial charge in [-0.15, -0.1) is 11.3 Å². The minimum absolute atomic E-state index is 0.0924. The van der Waals surface area contributed by atoms with Crippen LogP contribution in [-0.2, 0) is 6.42 Å². The van der Waals surface area contributed by atoms with Crippen molar-refractivity contribution in [2.24, 2.45) is 0 Å². The molecule has 2 aromatic heterocycles. The van der Waals surface area contributed by atoms with Gasteiger partial charge in [-0.05, 0) is 59.8 Å². The monoisotopic (exact) mass is 412 g/mol. The second-order valence-corrected chi connectivity index (χ2v) is 8.23. The fourth-order valence-corrected chi connectivity index (χ4v) is 4.67. The molecule has 2 heterocycles. The molecule has 0 amide bonds. The normalized spacial score (nSPS) is 13.1. The van der Waals surface area contributed by atoms with Gasteiger partial charge in [0.15, 0.2) is 5.78 Å². The van der Waals surface area contributed by atoms with Crippen LogP contribution in [0.15, 0.2) is 77.8 Å². The lowest BCUT2D eigenvalue weighted by Gasteiger charge is -2.04. The number of allylic oxidation sites excluding steroid dienone is 2. The SMILES string of the molecule is COc1ccc2c(c1)C(C)=C(Cc1cn(-c3ccccc3)nc1-c1cccs1)C2=O. The lowest BCUT2D eigenvalue weighted by atomic mass is 10.0. The number of carbonyl (C=O) groups excluding carboxylic acids is 1. The molecule has 1 aliphatic rings. The number of carbonyl (C=O) groups is 1. The van der Waals surface area contributed by atoms with Crippen molar-refractivity contribution >= 4 is 22.7 Å². The van der Waals surface area contributed by atoms with Crippen molar-refractivity contribution in [3.8, 4) is 22.0 Å². The Morgan fingerprint density at radius 3 is 2.60 bits per heavy atom. The van der Waals surface area contributed by atoms with Gasteiger partial charge >= 0.3 is 0 Å². The summed E-state index contributed by atoms with van der Waals surface area (Å²) in [6, 6.07) is 19.8. The van der Waals surface area contributed by atoms with E-state index in [2.05, 4.69) is 6.07 Å². The highest BCUT2D eigenvalue weighted by molar-refractivity contribution is 7.13. The van der Waals surface area contributed by atoms with Crippen LogP contribution >= 0.6 is 11.3 Å². The largest absolute Gasteiger partial charge is 0.497 e. The number of methoxy groups -OCH3 is 1. The first-order chi connectivity index (χ1) is 14.7. The molecule has 0 saturated heterocycles. The molecule has 0 saturated carbocycles. The molecule has 148 valence electrons. The Labute approximate surface area is 179 Å². The van der Waals surface area contributed by atoms with E-state index in [0.29, 0.717) is 6.42 Å². The Morgan fingerprint density at radius 1 is 1.03 bits per heavy atom. The Morgan fingerprint density at radius 2 is 1.87 bits per heavy atom. The van der Waals surface area contributed by atoms with Crippen LogP contribution in [0.4, 0.5) is 0 Å². The minimum Gasteiger partial charge on any atom is -0.497 e. The number of nitrogens with zero attached hydrogens (tertiary/aromatic N) is 2. The summed E-state index contributed by atoms with van der Waals surface area (Å²) in [6.07, 6.45) is 2.59. The number of ketones is 1. The molecule has 30 heavy (non-hydrogen) atoms. The molecule has 1 aliphatic carbocycles. The van der Waals surface area contributed by atoms with E-state index in [-0.39, 0.29) is 5.78 Å². The van der Waals surface area contributed by atoms with Gasteiger partial charge in [0.2, 0.25) is 0 Å². The van der Waals surface area contributed by atoms with Gasteiger partial charge in [-0.2, -0.15) is 5.10 Å². The summed E-state index contributed by atoms with van der Waals surface area (Å²) < 4.78 is 7.25. The summed E-state index contributed by atoms with van der Waals surface area (Å²) in [4.78, 5) is 14.3. The Bertz CT molecular complexity index is 1270. The van der Waals surface area contributed by atoms with Crippen molar-refractivity contribution < 1.29 is 9.53 Å². The van der Waals surface area contributed by atoms with Crippen molar-refractivity contribution in [2.75, 3.05) is 7.11 Å². The highest BCUT2D eigenvalue weighted by Crippen LogP contribution is 2.38.